The molecule has 16 heavy (non-hydrogen) atoms. The first-order valence-corrected chi connectivity index (χ1v) is 6.45. The maximum absolute atomic E-state index is 5.12. The summed E-state index contributed by atoms with van der Waals surface area (Å²) in [6.45, 7) is 0. The van der Waals surface area contributed by atoms with E-state index in [2.05, 4.69) is 43.2 Å². The van der Waals surface area contributed by atoms with Crippen LogP contribution in [0.4, 0.5) is 0 Å². The fraction of sp³-hybridized carbons (Fsp3) is 0.167. The van der Waals surface area contributed by atoms with Crippen molar-refractivity contribution in [2.24, 2.45) is 0 Å². The molecule has 2 nitrogen and oxygen atoms in total. The molecule has 0 aliphatic heterocycles. The minimum Gasteiger partial charge on any atom is -0.472 e. The molecule has 0 aliphatic carbocycles. The quantitative estimate of drug-likeness (QED) is 0.906. The lowest BCUT2D eigenvalue weighted by Crippen LogP contribution is -2.17. The molecule has 0 fully saturated rings. The maximum atomic E-state index is 5.12. The lowest BCUT2D eigenvalue weighted by molar-refractivity contribution is 0.557. The third-order valence-corrected chi connectivity index (χ3v) is 3.65. The fourth-order valence-corrected chi connectivity index (χ4v) is 2.53. The first-order chi connectivity index (χ1) is 7.72. The van der Waals surface area contributed by atoms with Crippen LogP contribution in [0.15, 0.2) is 50.2 Å². The number of furan rings is 1. The lowest BCUT2D eigenvalue weighted by Gasteiger charge is -2.16. The molecule has 1 N–H and O–H groups in total. The second-order valence-electron chi connectivity index (χ2n) is 3.44. The molecular weight excluding hydrogens is 334 g/mol. The Balaban J connectivity index is 2.44. The first-order valence-electron chi connectivity index (χ1n) is 4.86. The van der Waals surface area contributed by atoms with E-state index in [1.54, 1.807) is 12.5 Å². The lowest BCUT2D eigenvalue weighted by atomic mass is 10.0. The van der Waals surface area contributed by atoms with E-state index in [4.69, 9.17) is 4.42 Å². The van der Waals surface area contributed by atoms with Gasteiger partial charge in [-0.3, -0.25) is 0 Å². The van der Waals surface area contributed by atoms with Crippen molar-refractivity contribution < 1.29 is 4.42 Å². The molecule has 2 rings (SSSR count). The minimum absolute atomic E-state index is 0.130. The summed E-state index contributed by atoms with van der Waals surface area (Å²) in [5.74, 6) is 0. The van der Waals surface area contributed by atoms with Gasteiger partial charge in [0.15, 0.2) is 0 Å². The van der Waals surface area contributed by atoms with E-state index in [1.807, 2.05) is 25.2 Å². The van der Waals surface area contributed by atoms with Crippen molar-refractivity contribution in [3.05, 3.63) is 56.9 Å². The van der Waals surface area contributed by atoms with Crippen LogP contribution in [0.3, 0.4) is 0 Å². The molecule has 0 spiro atoms. The highest BCUT2D eigenvalue weighted by Gasteiger charge is 2.16. The predicted molar refractivity (Wildman–Crippen MR) is 71.5 cm³/mol. The number of hydrogen-bond donors (Lipinski definition) is 1. The predicted octanol–water partition coefficient (Wildman–Crippen LogP) is 4.11. The van der Waals surface area contributed by atoms with E-state index in [-0.39, 0.29) is 6.04 Å². The van der Waals surface area contributed by atoms with E-state index >= 15 is 0 Å². The number of benzene rings is 1. The summed E-state index contributed by atoms with van der Waals surface area (Å²) in [5.41, 5.74) is 2.29. The van der Waals surface area contributed by atoms with Crippen LogP contribution >= 0.6 is 31.9 Å². The number of nitrogens with one attached hydrogen (secondary N) is 1. The van der Waals surface area contributed by atoms with E-state index in [0.29, 0.717) is 0 Å². The third kappa shape index (κ3) is 2.39. The van der Waals surface area contributed by atoms with Gasteiger partial charge in [0.25, 0.3) is 0 Å². The molecule has 0 radical (unpaired) electrons. The van der Waals surface area contributed by atoms with Crippen molar-refractivity contribution in [3.63, 3.8) is 0 Å². The second kappa shape index (κ2) is 5.17. The van der Waals surface area contributed by atoms with Gasteiger partial charge in [0.05, 0.1) is 18.6 Å². The van der Waals surface area contributed by atoms with Crippen LogP contribution in [-0.2, 0) is 0 Å². The molecule has 0 aliphatic rings. The zero-order valence-corrected chi connectivity index (χ0v) is 11.9. The molecule has 0 saturated carbocycles. The Morgan fingerprint density at radius 3 is 2.69 bits per heavy atom. The standard InChI is InChI=1S/C12H11Br2NO/c1-15-12(8-4-5-16-7-8)10-6-9(13)2-3-11(10)14/h2-7,12,15H,1H3. The molecule has 0 amide bonds. The van der Waals surface area contributed by atoms with Crippen LogP contribution in [0.5, 0.6) is 0 Å². The minimum atomic E-state index is 0.130. The van der Waals surface area contributed by atoms with Crippen LogP contribution in [0.25, 0.3) is 0 Å². The van der Waals surface area contributed by atoms with Crippen LogP contribution in [0, 0.1) is 0 Å². The molecule has 1 atom stereocenters. The average molecular weight is 345 g/mol. The Bertz CT molecular complexity index is 468. The van der Waals surface area contributed by atoms with Crippen molar-refractivity contribution in [2.75, 3.05) is 7.05 Å². The van der Waals surface area contributed by atoms with Gasteiger partial charge in [-0.15, -0.1) is 0 Å². The van der Waals surface area contributed by atoms with Gasteiger partial charge < -0.3 is 9.73 Å². The molecule has 84 valence electrons. The average Bonchev–Trinajstić information content (AvgIpc) is 2.78. The van der Waals surface area contributed by atoms with Gasteiger partial charge in [0.1, 0.15) is 0 Å². The summed E-state index contributed by atoms with van der Waals surface area (Å²) in [6, 6.07) is 8.23. The maximum Gasteiger partial charge on any atom is 0.0953 e. The second-order valence-corrected chi connectivity index (χ2v) is 5.21. The first kappa shape index (κ1) is 11.9. The van der Waals surface area contributed by atoms with Crippen LogP contribution < -0.4 is 5.32 Å². The SMILES string of the molecule is CNC(c1ccoc1)c1cc(Br)ccc1Br. The Morgan fingerprint density at radius 1 is 1.25 bits per heavy atom. The zero-order chi connectivity index (χ0) is 11.5. The molecular formula is C12H11Br2NO. The molecule has 0 bridgehead atoms. The van der Waals surface area contributed by atoms with Gasteiger partial charge in [-0.25, -0.2) is 0 Å². The summed E-state index contributed by atoms with van der Waals surface area (Å²) < 4.78 is 7.27. The van der Waals surface area contributed by atoms with Crippen LogP contribution in [0.2, 0.25) is 0 Å². The van der Waals surface area contributed by atoms with Gasteiger partial charge in [-0.05, 0) is 36.9 Å². The van der Waals surface area contributed by atoms with Crippen molar-refractivity contribution in [2.45, 2.75) is 6.04 Å². The number of hydrogen-bond acceptors (Lipinski definition) is 2. The fourth-order valence-electron chi connectivity index (χ4n) is 1.68. The largest absolute Gasteiger partial charge is 0.472 e. The Morgan fingerprint density at radius 2 is 2.06 bits per heavy atom. The summed E-state index contributed by atoms with van der Waals surface area (Å²) in [5, 5.41) is 3.28. The van der Waals surface area contributed by atoms with E-state index in [9.17, 15) is 0 Å². The molecule has 2 aromatic rings. The highest BCUT2D eigenvalue weighted by Crippen LogP contribution is 2.30. The van der Waals surface area contributed by atoms with Gasteiger partial charge in [0.2, 0.25) is 0 Å². The Labute approximate surface area is 111 Å². The van der Waals surface area contributed by atoms with Crippen molar-refractivity contribution in [1.82, 2.24) is 5.32 Å². The van der Waals surface area contributed by atoms with Crippen molar-refractivity contribution in [3.8, 4) is 0 Å². The van der Waals surface area contributed by atoms with E-state index < -0.39 is 0 Å². The molecule has 1 aromatic carbocycles. The van der Waals surface area contributed by atoms with E-state index in [0.717, 1.165) is 14.5 Å². The monoisotopic (exact) mass is 343 g/mol. The van der Waals surface area contributed by atoms with Gasteiger partial charge in [-0.2, -0.15) is 0 Å². The van der Waals surface area contributed by atoms with Gasteiger partial charge >= 0.3 is 0 Å². The number of halogens is 2. The summed E-state index contributed by atoms with van der Waals surface area (Å²) in [4.78, 5) is 0. The van der Waals surface area contributed by atoms with Crippen molar-refractivity contribution in [1.29, 1.82) is 0 Å². The van der Waals surface area contributed by atoms with Crippen LogP contribution in [0.1, 0.15) is 17.2 Å². The molecule has 0 saturated heterocycles. The normalized spacial score (nSPS) is 12.7. The molecule has 1 unspecified atom stereocenters. The van der Waals surface area contributed by atoms with Gasteiger partial charge in [-0.1, -0.05) is 31.9 Å². The molecule has 1 heterocycles. The summed E-state index contributed by atoms with van der Waals surface area (Å²) >= 11 is 7.05. The van der Waals surface area contributed by atoms with Gasteiger partial charge in [0, 0.05) is 14.5 Å². The smallest absolute Gasteiger partial charge is 0.0953 e. The number of rotatable bonds is 3. The Kier molecular flexibility index (Phi) is 3.84. The molecule has 4 heteroatoms. The summed E-state index contributed by atoms with van der Waals surface area (Å²) in [6.07, 6.45) is 3.44. The van der Waals surface area contributed by atoms with E-state index in [1.165, 1.54) is 5.56 Å². The highest BCUT2D eigenvalue weighted by atomic mass is 79.9. The Hall–Kier alpha value is -0.580. The summed E-state index contributed by atoms with van der Waals surface area (Å²) in [7, 11) is 1.94. The topological polar surface area (TPSA) is 25.2 Å². The zero-order valence-electron chi connectivity index (χ0n) is 8.71. The molecule has 1 aromatic heterocycles. The highest BCUT2D eigenvalue weighted by molar-refractivity contribution is 9.11. The van der Waals surface area contributed by atoms with Crippen molar-refractivity contribution >= 4 is 31.9 Å². The third-order valence-electron chi connectivity index (χ3n) is 2.43. The van der Waals surface area contributed by atoms with Crippen LogP contribution in [-0.4, -0.2) is 7.05 Å².